The maximum atomic E-state index is 13.0. The number of rotatable bonds is 2. The standard InChI is InChI=1S/C11H11ClF2N2O2/c12-8-2-1-7(10(17)18)9(15-8)16-5-3-11(13,14)4-6-16/h1-2H,3-6H2,(H,17,18). The Balaban J connectivity index is 2.28. The monoisotopic (exact) mass is 276 g/mol. The van der Waals surface area contributed by atoms with Gasteiger partial charge in [-0.25, -0.2) is 18.6 Å². The number of carboxylic acid groups (broad SMARTS) is 1. The van der Waals surface area contributed by atoms with Crippen molar-refractivity contribution >= 4 is 23.4 Å². The fraction of sp³-hybridized carbons (Fsp3) is 0.455. The van der Waals surface area contributed by atoms with Crippen LogP contribution in [0.15, 0.2) is 12.1 Å². The predicted octanol–water partition coefficient (Wildman–Crippen LogP) is 2.67. The number of aromatic carboxylic acids is 1. The normalized spacial score (nSPS) is 18.7. The molecule has 0 aromatic carbocycles. The highest BCUT2D eigenvalue weighted by atomic mass is 35.5. The largest absolute Gasteiger partial charge is 0.478 e. The Morgan fingerprint density at radius 3 is 2.56 bits per heavy atom. The van der Waals surface area contributed by atoms with E-state index in [9.17, 15) is 13.6 Å². The molecular formula is C11H11ClF2N2O2. The second kappa shape index (κ2) is 4.68. The van der Waals surface area contributed by atoms with Crippen molar-refractivity contribution in [1.29, 1.82) is 0 Å². The smallest absolute Gasteiger partial charge is 0.339 e. The van der Waals surface area contributed by atoms with E-state index in [-0.39, 0.29) is 42.5 Å². The van der Waals surface area contributed by atoms with Crippen LogP contribution < -0.4 is 4.90 Å². The maximum absolute atomic E-state index is 13.0. The molecule has 2 heterocycles. The molecule has 7 heteroatoms. The number of alkyl halides is 2. The molecule has 0 radical (unpaired) electrons. The first-order valence-corrected chi connectivity index (χ1v) is 5.79. The molecule has 0 unspecified atom stereocenters. The summed E-state index contributed by atoms with van der Waals surface area (Å²) >= 11 is 5.72. The first-order valence-electron chi connectivity index (χ1n) is 5.42. The van der Waals surface area contributed by atoms with Gasteiger partial charge in [-0.15, -0.1) is 0 Å². The second-order valence-corrected chi connectivity index (χ2v) is 4.54. The van der Waals surface area contributed by atoms with Gasteiger partial charge in [-0.1, -0.05) is 11.6 Å². The van der Waals surface area contributed by atoms with E-state index < -0.39 is 11.9 Å². The molecule has 0 spiro atoms. The van der Waals surface area contributed by atoms with Crippen LogP contribution in [-0.4, -0.2) is 35.1 Å². The average molecular weight is 277 g/mol. The molecule has 1 aromatic rings. The molecule has 1 aliphatic heterocycles. The third kappa shape index (κ3) is 2.69. The van der Waals surface area contributed by atoms with E-state index in [0.717, 1.165) is 0 Å². The molecule has 1 aliphatic rings. The number of hydrogen-bond acceptors (Lipinski definition) is 3. The van der Waals surface area contributed by atoms with E-state index in [1.165, 1.54) is 17.0 Å². The molecule has 0 amide bonds. The van der Waals surface area contributed by atoms with Crippen molar-refractivity contribution in [2.45, 2.75) is 18.8 Å². The molecule has 0 atom stereocenters. The van der Waals surface area contributed by atoms with Crippen molar-refractivity contribution in [2.75, 3.05) is 18.0 Å². The predicted molar refractivity (Wildman–Crippen MR) is 62.6 cm³/mol. The highest BCUT2D eigenvalue weighted by molar-refractivity contribution is 6.29. The summed E-state index contributed by atoms with van der Waals surface area (Å²) in [5, 5.41) is 9.18. The van der Waals surface area contributed by atoms with E-state index in [1.807, 2.05) is 0 Å². The van der Waals surface area contributed by atoms with Crippen LogP contribution in [0.4, 0.5) is 14.6 Å². The number of anilines is 1. The Morgan fingerprint density at radius 1 is 1.39 bits per heavy atom. The van der Waals surface area contributed by atoms with Crippen LogP contribution >= 0.6 is 11.6 Å². The Bertz CT molecular complexity index is 472. The number of piperidine rings is 1. The maximum Gasteiger partial charge on any atom is 0.339 e. The summed E-state index contributed by atoms with van der Waals surface area (Å²) < 4.78 is 26.1. The zero-order valence-electron chi connectivity index (χ0n) is 9.37. The number of carbonyl (C=O) groups is 1. The second-order valence-electron chi connectivity index (χ2n) is 4.15. The average Bonchev–Trinajstić information content (AvgIpc) is 2.28. The summed E-state index contributed by atoms with van der Waals surface area (Å²) in [6, 6.07) is 2.70. The molecule has 4 nitrogen and oxygen atoms in total. The summed E-state index contributed by atoms with van der Waals surface area (Å²) in [5.74, 6) is -3.67. The van der Waals surface area contributed by atoms with E-state index in [2.05, 4.69) is 4.98 Å². The number of carboxylic acids is 1. The van der Waals surface area contributed by atoms with E-state index in [1.54, 1.807) is 0 Å². The molecule has 1 N–H and O–H groups in total. The summed E-state index contributed by atoms with van der Waals surface area (Å²) in [4.78, 5) is 16.5. The van der Waals surface area contributed by atoms with Crippen LogP contribution in [-0.2, 0) is 0 Å². The molecule has 0 aliphatic carbocycles. The van der Waals surface area contributed by atoms with E-state index >= 15 is 0 Å². The molecule has 98 valence electrons. The van der Waals surface area contributed by atoms with Crippen molar-refractivity contribution in [2.24, 2.45) is 0 Å². The number of aromatic nitrogens is 1. The minimum atomic E-state index is -2.68. The summed E-state index contributed by atoms with van der Waals surface area (Å²) in [7, 11) is 0. The van der Waals surface area contributed by atoms with E-state index in [4.69, 9.17) is 16.7 Å². The van der Waals surface area contributed by atoms with Gasteiger partial charge in [0.15, 0.2) is 0 Å². The van der Waals surface area contributed by atoms with Gasteiger partial charge in [0.1, 0.15) is 16.5 Å². The van der Waals surface area contributed by atoms with Gasteiger partial charge in [0, 0.05) is 25.9 Å². The number of halogens is 3. The fourth-order valence-electron chi connectivity index (χ4n) is 1.88. The lowest BCUT2D eigenvalue weighted by molar-refractivity contribution is -0.0221. The van der Waals surface area contributed by atoms with Crippen molar-refractivity contribution in [3.8, 4) is 0 Å². The number of hydrogen-bond donors (Lipinski definition) is 1. The third-order valence-corrected chi connectivity index (χ3v) is 3.08. The lowest BCUT2D eigenvalue weighted by Gasteiger charge is -2.33. The van der Waals surface area contributed by atoms with Crippen molar-refractivity contribution in [1.82, 2.24) is 4.98 Å². The van der Waals surface area contributed by atoms with Crippen LogP contribution in [0, 0.1) is 0 Å². The Morgan fingerprint density at radius 2 is 2.00 bits per heavy atom. The topological polar surface area (TPSA) is 53.4 Å². The zero-order valence-corrected chi connectivity index (χ0v) is 10.1. The van der Waals surface area contributed by atoms with Gasteiger partial charge in [-0.2, -0.15) is 0 Å². The van der Waals surface area contributed by atoms with Crippen LogP contribution in [0.3, 0.4) is 0 Å². The summed E-state index contributed by atoms with van der Waals surface area (Å²) in [6.45, 7) is 0.140. The fourth-order valence-corrected chi connectivity index (χ4v) is 2.02. The Labute approximate surface area is 107 Å². The molecule has 1 aromatic heterocycles. The number of pyridine rings is 1. The highest BCUT2D eigenvalue weighted by Gasteiger charge is 2.35. The van der Waals surface area contributed by atoms with Crippen LogP contribution in [0.2, 0.25) is 5.15 Å². The Hall–Kier alpha value is -1.43. The Kier molecular flexibility index (Phi) is 3.38. The number of nitrogens with zero attached hydrogens (tertiary/aromatic N) is 2. The zero-order chi connectivity index (χ0) is 13.3. The molecule has 0 saturated carbocycles. The van der Waals surface area contributed by atoms with Gasteiger partial charge in [0.2, 0.25) is 0 Å². The van der Waals surface area contributed by atoms with Gasteiger partial charge in [0.05, 0.1) is 0 Å². The van der Waals surface area contributed by atoms with Gasteiger partial charge in [-0.05, 0) is 12.1 Å². The molecule has 2 rings (SSSR count). The van der Waals surface area contributed by atoms with Crippen molar-refractivity contribution in [3.63, 3.8) is 0 Å². The van der Waals surface area contributed by atoms with Crippen LogP contribution in [0.5, 0.6) is 0 Å². The minimum absolute atomic E-state index is 0.0235. The van der Waals surface area contributed by atoms with Crippen LogP contribution in [0.25, 0.3) is 0 Å². The first kappa shape index (κ1) is 13.0. The van der Waals surface area contributed by atoms with Gasteiger partial charge in [-0.3, -0.25) is 0 Å². The quantitative estimate of drug-likeness (QED) is 0.844. The highest BCUT2D eigenvalue weighted by Crippen LogP contribution is 2.31. The first-order chi connectivity index (χ1) is 8.39. The molecular weight excluding hydrogens is 266 g/mol. The van der Waals surface area contributed by atoms with Gasteiger partial charge in [0.25, 0.3) is 5.92 Å². The van der Waals surface area contributed by atoms with E-state index in [0.29, 0.717) is 0 Å². The van der Waals surface area contributed by atoms with Crippen molar-refractivity contribution in [3.05, 3.63) is 22.8 Å². The van der Waals surface area contributed by atoms with Crippen molar-refractivity contribution < 1.29 is 18.7 Å². The lowest BCUT2D eigenvalue weighted by Crippen LogP contribution is -2.40. The summed E-state index contributed by atoms with van der Waals surface area (Å²) in [6.07, 6.45) is -0.611. The van der Waals surface area contributed by atoms with Crippen LogP contribution in [0.1, 0.15) is 23.2 Å². The SMILES string of the molecule is O=C(O)c1ccc(Cl)nc1N1CCC(F)(F)CC1. The molecule has 1 fully saturated rings. The minimum Gasteiger partial charge on any atom is -0.478 e. The molecule has 18 heavy (non-hydrogen) atoms. The summed E-state index contributed by atoms with van der Waals surface area (Å²) in [5.41, 5.74) is -0.0235. The van der Waals surface area contributed by atoms with Gasteiger partial charge >= 0.3 is 5.97 Å². The molecule has 1 saturated heterocycles. The third-order valence-electron chi connectivity index (χ3n) is 2.87. The molecule has 0 bridgehead atoms. The van der Waals surface area contributed by atoms with Gasteiger partial charge < -0.3 is 10.0 Å². The lowest BCUT2D eigenvalue weighted by atomic mass is 10.1.